The van der Waals surface area contributed by atoms with Crippen LogP contribution in [0.15, 0.2) is 23.9 Å². The van der Waals surface area contributed by atoms with Crippen molar-refractivity contribution in [1.29, 1.82) is 0 Å². The van der Waals surface area contributed by atoms with Gasteiger partial charge in [0.2, 0.25) is 5.91 Å². The number of amides is 1. The number of carbonyl (C=O) groups is 2. The highest BCUT2D eigenvalue weighted by atomic mass is 35.5. The second kappa shape index (κ2) is 4.79. The maximum Gasteiger partial charge on any atom is 0.234 e. The first kappa shape index (κ1) is 13.5. The van der Waals surface area contributed by atoms with E-state index in [2.05, 4.69) is 0 Å². The zero-order valence-electron chi connectivity index (χ0n) is 10.4. The standard InChI is InChI=1S/C14H11Cl2NO3/c15-10-1-2-11(19)13(14(10)16)7-3-8-4-9(18)5-12(20)17(8)6-7/h1-2,4,7,19H,3,5-6H2/t7-/m0/s1. The van der Waals surface area contributed by atoms with Crippen LogP contribution in [0.5, 0.6) is 5.75 Å². The maximum absolute atomic E-state index is 11.8. The topological polar surface area (TPSA) is 57.6 Å². The van der Waals surface area contributed by atoms with Crippen LogP contribution in [0.3, 0.4) is 0 Å². The van der Waals surface area contributed by atoms with Gasteiger partial charge in [-0.15, -0.1) is 0 Å². The van der Waals surface area contributed by atoms with Gasteiger partial charge >= 0.3 is 0 Å². The fourth-order valence-electron chi connectivity index (χ4n) is 2.78. The molecule has 1 N–H and O–H groups in total. The number of hydrogen-bond donors (Lipinski definition) is 1. The summed E-state index contributed by atoms with van der Waals surface area (Å²) in [5.74, 6) is -0.470. The van der Waals surface area contributed by atoms with Crippen LogP contribution in [-0.4, -0.2) is 28.2 Å². The number of aromatic hydroxyl groups is 1. The largest absolute Gasteiger partial charge is 0.508 e. The number of halogens is 2. The zero-order valence-corrected chi connectivity index (χ0v) is 11.9. The lowest BCUT2D eigenvalue weighted by atomic mass is 9.96. The van der Waals surface area contributed by atoms with E-state index >= 15 is 0 Å². The van der Waals surface area contributed by atoms with Gasteiger partial charge in [-0.3, -0.25) is 9.59 Å². The van der Waals surface area contributed by atoms with Gasteiger partial charge in [-0.05, 0) is 18.6 Å². The number of fused-ring (bicyclic) bond motifs is 1. The molecule has 0 aliphatic carbocycles. The molecular weight excluding hydrogens is 301 g/mol. The molecule has 0 radical (unpaired) electrons. The lowest BCUT2D eigenvalue weighted by Crippen LogP contribution is -2.32. The molecule has 6 heteroatoms. The Morgan fingerprint density at radius 2 is 2.00 bits per heavy atom. The zero-order chi connectivity index (χ0) is 14.4. The molecule has 1 aromatic rings. The maximum atomic E-state index is 11.8. The Hall–Kier alpha value is -1.52. The molecule has 4 nitrogen and oxygen atoms in total. The molecule has 0 saturated carbocycles. The second-order valence-electron chi connectivity index (χ2n) is 4.98. The molecule has 3 rings (SSSR count). The lowest BCUT2D eigenvalue weighted by Gasteiger charge is -2.21. The van der Waals surface area contributed by atoms with E-state index in [4.69, 9.17) is 23.2 Å². The smallest absolute Gasteiger partial charge is 0.234 e. The highest BCUT2D eigenvalue weighted by molar-refractivity contribution is 6.42. The number of phenols is 1. The predicted octanol–water partition coefficient (Wildman–Crippen LogP) is 2.87. The fraction of sp³-hybridized carbons (Fsp3) is 0.286. The van der Waals surface area contributed by atoms with Gasteiger partial charge < -0.3 is 10.0 Å². The molecule has 1 amide bonds. The number of benzene rings is 1. The van der Waals surface area contributed by atoms with Crippen LogP contribution < -0.4 is 0 Å². The molecule has 0 unspecified atom stereocenters. The fourth-order valence-corrected chi connectivity index (χ4v) is 3.26. The van der Waals surface area contributed by atoms with E-state index < -0.39 is 0 Å². The van der Waals surface area contributed by atoms with Crippen molar-refractivity contribution in [1.82, 2.24) is 4.90 Å². The summed E-state index contributed by atoms with van der Waals surface area (Å²) in [5, 5.41) is 10.7. The summed E-state index contributed by atoms with van der Waals surface area (Å²) in [4.78, 5) is 24.9. The molecular formula is C14H11Cl2NO3. The summed E-state index contributed by atoms with van der Waals surface area (Å²) in [6, 6.07) is 3.02. The van der Waals surface area contributed by atoms with E-state index in [1.54, 1.807) is 4.90 Å². The SMILES string of the molecule is O=C1C=C2C[C@H](c3c(O)ccc(Cl)c3Cl)CN2C(=O)C1. The molecule has 0 aromatic heterocycles. The van der Waals surface area contributed by atoms with Crippen molar-refractivity contribution in [2.45, 2.75) is 18.8 Å². The van der Waals surface area contributed by atoms with Crippen molar-refractivity contribution >= 4 is 34.9 Å². The van der Waals surface area contributed by atoms with Crippen LogP contribution in [0.4, 0.5) is 0 Å². The van der Waals surface area contributed by atoms with Crippen LogP contribution in [0.25, 0.3) is 0 Å². The molecule has 2 aliphatic rings. The van der Waals surface area contributed by atoms with Crippen LogP contribution in [0.1, 0.15) is 24.3 Å². The average molecular weight is 312 g/mol. The van der Waals surface area contributed by atoms with Crippen molar-refractivity contribution in [2.75, 3.05) is 6.54 Å². The van der Waals surface area contributed by atoms with Gasteiger partial charge in [-0.25, -0.2) is 0 Å². The third-order valence-electron chi connectivity index (χ3n) is 3.68. The summed E-state index contributed by atoms with van der Waals surface area (Å²) in [6.45, 7) is 0.408. The summed E-state index contributed by atoms with van der Waals surface area (Å²) in [6.07, 6.45) is 1.90. The van der Waals surface area contributed by atoms with E-state index in [1.165, 1.54) is 18.2 Å². The molecule has 2 aliphatic heterocycles. The number of ketones is 1. The minimum Gasteiger partial charge on any atom is -0.508 e. The van der Waals surface area contributed by atoms with Gasteiger partial charge in [-0.1, -0.05) is 23.2 Å². The number of nitrogens with zero attached hydrogens (tertiary/aromatic N) is 1. The third kappa shape index (κ3) is 2.09. The van der Waals surface area contributed by atoms with Gasteiger partial charge in [0.1, 0.15) is 5.75 Å². The minimum atomic E-state index is -0.201. The Morgan fingerprint density at radius 3 is 2.75 bits per heavy atom. The second-order valence-corrected chi connectivity index (χ2v) is 5.76. The molecule has 1 saturated heterocycles. The first-order valence-electron chi connectivity index (χ1n) is 6.18. The van der Waals surface area contributed by atoms with Crippen LogP contribution in [0.2, 0.25) is 10.0 Å². The molecule has 104 valence electrons. The molecule has 0 spiro atoms. The van der Waals surface area contributed by atoms with Crippen molar-refractivity contribution < 1.29 is 14.7 Å². The van der Waals surface area contributed by atoms with Gasteiger partial charge in [-0.2, -0.15) is 0 Å². The van der Waals surface area contributed by atoms with E-state index in [1.807, 2.05) is 0 Å². The summed E-state index contributed by atoms with van der Waals surface area (Å²) in [5.41, 5.74) is 1.22. The van der Waals surface area contributed by atoms with Crippen molar-refractivity contribution in [3.05, 3.63) is 39.5 Å². The monoisotopic (exact) mass is 311 g/mol. The van der Waals surface area contributed by atoms with Gasteiger partial charge in [0.25, 0.3) is 0 Å². The highest BCUT2D eigenvalue weighted by Gasteiger charge is 2.37. The molecule has 1 fully saturated rings. The number of phenolic OH excluding ortho intramolecular Hbond substituents is 1. The van der Waals surface area contributed by atoms with Crippen molar-refractivity contribution in [3.63, 3.8) is 0 Å². The van der Waals surface area contributed by atoms with Crippen LogP contribution in [-0.2, 0) is 9.59 Å². The molecule has 1 atom stereocenters. The molecule has 2 heterocycles. The first-order chi connectivity index (χ1) is 9.47. The predicted molar refractivity (Wildman–Crippen MR) is 74.9 cm³/mol. The van der Waals surface area contributed by atoms with Gasteiger partial charge in [0.15, 0.2) is 5.78 Å². The lowest BCUT2D eigenvalue weighted by molar-refractivity contribution is -0.133. The molecule has 20 heavy (non-hydrogen) atoms. The van der Waals surface area contributed by atoms with Gasteiger partial charge in [0.05, 0.1) is 16.5 Å². The number of rotatable bonds is 1. The van der Waals surface area contributed by atoms with Crippen LogP contribution in [0, 0.1) is 0 Å². The number of carbonyl (C=O) groups excluding carboxylic acids is 2. The normalized spacial score (nSPS) is 22.0. The van der Waals surface area contributed by atoms with E-state index in [0.717, 1.165) is 0 Å². The van der Waals surface area contributed by atoms with Crippen molar-refractivity contribution in [3.8, 4) is 5.75 Å². The Balaban J connectivity index is 2.00. The van der Waals surface area contributed by atoms with Crippen molar-refractivity contribution in [2.24, 2.45) is 0 Å². The Labute approximate surface area is 125 Å². The van der Waals surface area contributed by atoms with Gasteiger partial charge in [0, 0.05) is 29.8 Å². The van der Waals surface area contributed by atoms with E-state index in [9.17, 15) is 14.7 Å². The third-order valence-corrected chi connectivity index (χ3v) is 4.50. The average Bonchev–Trinajstić information content (AvgIpc) is 2.78. The molecule has 0 bridgehead atoms. The summed E-state index contributed by atoms with van der Waals surface area (Å²) >= 11 is 12.1. The van der Waals surface area contributed by atoms with E-state index in [-0.39, 0.29) is 29.8 Å². The minimum absolute atomic E-state index is 0.0589. The summed E-state index contributed by atoms with van der Waals surface area (Å²) in [7, 11) is 0. The van der Waals surface area contributed by atoms with Crippen LogP contribution >= 0.6 is 23.2 Å². The Kier molecular flexibility index (Phi) is 3.22. The Bertz CT molecular complexity index is 654. The van der Waals surface area contributed by atoms with E-state index in [0.29, 0.717) is 34.3 Å². The number of allylic oxidation sites excluding steroid dienone is 2. The quantitative estimate of drug-likeness (QED) is 0.811. The Morgan fingerprint density at radius 1 is 1.25 bits per heavy atom. The summed E-state index contributed by atoms with van der Waals surface area (Å²) < 4.78 is 0. The highest BCUT2D eigenvalue weighted by Crippen LogP contribution is 2.44. The molecule has 1 aromatic carbocycles. The first-order valence-corrected chi connectivity index (χ1v) is 6.93. The number of hydrogen-bond acceptors (Lipinski definition) is 3.